The molecule has 1 aliphatic rings. The molecule has 3 heterocycles. The molecule has 4 rings (SSSR count). The summed E-state index contributed by atoms with van der Waals surface area (Å²) >= 11 is 0. The Bertz CT molecular complexity index is 975. The number of nitrogens with zero attached hydrogens (tertiary/aromatic N) is 3. The summed E-state index contributed by atoms with van der Waals surface area (Å²) in [5.74, 6) is 0.791. The fourth-order valence-corrected chi connectivity index (χ4v) is 3.74. The largest absolute Gasteiger partial charge is 0.463 e. The highest BCUT2D eigenvalue weighted by Crippen LogP contribution is 2.20. The van der Waals surface area contributed by atoms with Crippen LogP contribution in [0.5, 0.6) is 0 Å². The molecule has 0 radical (unpaired) electrons. The van der Waals surface area contributed by atoms with E-state index in [-0.39, 0.29) is 11.5 Å². The molecular formula is C18H22N4O3. The molecule has 7 heteroatoms. The van der Waals surface area contributed by atoms with Crippen LogP contribution in [0.2, 0.25) is 0 Å². The number of hydrogen-bond acceptors (Lipinski definition) is 4. The van der Waals surface area contributed by atoms with Gasteiger partial charge in [0.25, 0.3) is 5.56 Å². The monoisotopic (exact) mass is 342 g/mol. The van der Waals surface area contributed by atoms with Crippen molar-refractivity contribution in [3.05, 3.63) is 34.6 Å². The first-order valence-corrected chi connectivity index (χ1v) is 8.89. The molecule has 132 valence electrons. The number of aryl methyl sites for hydroxylation is 2. The predicted octanol–water partition coefficient (Wildman–Crippen LogP) is 2.39. The average molecular weight is 342 g/mol. The SMILES string of the molecule is Cc1nn(CCCC(=O)NC2CCCC2)c(=O)c2cc3occc3n12. The van der Waals surface area contributed by atoms with Gasteiger partial charge >= 0.3 is 0 Å². The summed E-state index contributed by atoms with van der Waals surface area (Å²) in [6.45, 7) is 2.29. The molecule has 0 aromatic carbocycles. The molecule has 7 nitrogen and oxygen atoms in total. The van der Waals surface area contributed by atoms with Crippen molar-refractivity contribution in [1.29, 1.82) is 0 Å². The molecule has 0 aliphatic heterocycles. The highest BCUT2D eigenvalue weighted by molar-refractivity contribution is 5.82. The highest BCUT2D eigenvalue weighted by Gasteiger charge is 2.17. The van der Waals surface area contributed by atoms with Crippen LogP contribution in [0, 0.1) is 6.92 Å². The maximum absolute atomic E-state index is 12.6. The fourth-order valence-electron chi connectivity index (χ4n) is 3.74. The molecule has 0 bridgehead atoms. The Morgan fingerprint density at radius 3 is 2.96 bits per heavy atom. The number of aromatic nitrogens is 3. The molecular weight excluding hydrogens is 320 g/mol. The summed E-state index contributed by atoms with van der Waals surface area (Å²) < 4.78 is 8.64. The molecule has 1 fully saturated rings. The van der Waals surface area contributed by atoms with Crippen molar-refractivity contribution in [3.63, 3.8) is 0 Å². The molecule has 1 amide bonds. The maximum atomic E-state index is 12.6. The molecule has 1 aliphatic carbocycles. The van der Waals surface area contributed by atoms with Crippen LogP contribution < -0.4 is 10.9 Å². The lowest BCUT2D eigenvalue weighted by molar-refractivity contribution is -0.121. The van der Waals surface area contributed by atoms with Gasteiger partial charge in [0.15, 0.2) is 5.58 Å². The van der Waals surface area contributed by atoms with Crippen molar-refractivity contribution < 1.29 is 9.21 Å². The van der Waals surface area contributed by atoms with Gasteiger partial charge in [-0.25, -0.2) is 4.68 Å². The van der Waals surface area contributed by atoms with E-state index in [9.17, 15) is 9.59 Å². The lowest BCUT2D eigenvalue weighted by Crippen LogP contribution is -2.33. The first kappa shape index (κ1) is 15.9. The zero-order valence-electron chi connectivity index (χ0n) is 14.3. The Balaban J connectivity index is 1.47. The van der Waals surface area contributed by atoms with Crippen molar-refractivity contribution in [1.82, 2.24) is 19.5 Å². The van der Waals surface area contributed by atoms with Gasteiger partial charge in [0.1, 0.15) is 11.3 Å². The number of nitrogens with one attached hydrogen (secondary N) is 1. The smallest absolute Gasteiger partial charge is 0.291 e. The van der Waals surface area contributed by atoms with Gasteiger partial charge in [-0.3, -0.25) is 14.0 Å². The molecule has 25 heavy (non-hydrogen) atoms. The number of furan rings is 1. The highest BCUT2D eigenvalue weighted by atomic mass is 16.3. The van der Waals surface area contributed by atoms with Crippen LogP contribution in [0.3, 0.4) is 0 Å². The first-order valence-electron chi connectivity index (χ1n) is 8.89. The van der Waals surface area contributed by atoms with Crippen LogP contribution in [0.1, 0.15) is 44.3 Å². The quantitative estimate of drug-likeness (QED) is 0.772. The minimum absolute atomic E-state index is 0.0675. The molecule has 0 atom stereocenters. The van der Waals surface area contributed by atoms with Gasteiger partial charge in [-0.05, 0) is 26.2 Å². The van der Waals surface area contributed by atoms with Crippen molar-refractivity contribution in [3.8, 4) is 0 Å². The van der Waals surface area contributed by atoms with Crippen molar-refractivity contribution in [2.75, 3.05) is 0 Å². The Morgan fingerprint density at radius 1 is 1.36 bits per heavy atom. The summed E-state index contributed by atoms with van der Waals surface area (Å²) in [5, 5.41) is 7.47. The Kier molecular flexibility index (Phi) is 4.07. The molecule has 1 N–H and O–H groups in total. The summed E-state index contributed by atoms with van der Waals surface area (Å²) in [4.78, 5) is 24.6. The van der Waals surface area contributed by atoms with Crippen LogP contribution in [-0.4, -0.2) is 26.1 Å². The third-order valence-electron chi connectivity index (χ3n) is 4.96. The third-order valence-corrected chi connectivity index (χ3v) is 4.96. The number of amides is 1. The standard InChI is InChI=1S/C18H22N4O3/c1-12-20-21(9-4-7-17(23)19-13-5-2-3-6-13)18(24)15-11-16-14(22(12)15)8-10-25-16/h8,10-11,13H,2-7,9H2,1H3,(H,19,23). The van der Waals surface area contributed by atoms with E-state index in [1.54, 1.807) is 12.3 Å². The third kappa shape index (κ3) is 2.94. The molecule has 1 saturated carbocycles. The van der Waals surface area contributed by atoms with Crippen molar-refractivity contribution >= 4 is 22.5 Å². The van der Waals surface area contributed by atoms with E-state index in [1.165, 1.54) is 17.5 Å². The number of carbonyl (C=O) groups excluding carboxylic acids is 1. The number of fused-ring (bicyclic) bond motifs is 3. The second-order valence-corrected chi connectivity index (χ2v) is 6.76. The number of hydrogen-bond donors (Lipinski definition) is 1. The van der Waals surface area contributed by atoms with E-state index in [2.05, 4.69) is 10.4 Å². The number of rotatable bonds is 5. The lowest BCUT2D eigenvalue weighted by Gasteiger charge is -2.12. The normalized spacial score (nSPS) is 15.4. The maximum Gasteiger partial charge on any atom is 0.291 e. The minimum atomic E-state index is -0.159. The Hall–Kier alpha value is -2.57. The summed E-state index contributed by atoms with van der Waals surface area (Å²) in [5.41, 5.74) is 1.92. The van der Waals surface area contributed by atoms with E-state index >= 15 is 0 Å². The molecule has 0 saturated heterocycles. The molecule has 0 spiro atoms. The van der Waals surface area contributed by atoms with Gasteiger partial charge in [-0.2, -0.15) is 5.10 Å². The summed E-state index contributed by atoms with van der Waals surface area (Å²) in [6.07, 6.45) is 7.17. The minimum Gasteiger partial charge on any atom is -0.463 e. The Morgan fingerprint density at radius 2 is 2.16 bits per heavy atom. The second kappa shape index (κ2) is 6.38. The van der Waals surface area contributed by atoms with E-state index in [1.807, 2.05) is 17.4 Å². The van der Waals surface area contributed by atoms with Crippen LogP contribution >= 0.6 is 0 Å². The average Bonchev–Trinajstić information content (AvgIpc) is 3.28. The van der Waals surface area contributed by atoms with E-state index in [0.29, 0.717) is 36.5 Å². The predicted molar refractivity (Wildman–Crippen MR) is 93.6 cm³/mol. The van der Waals surface area contributed by atoms with Gasteiger partial charge in [-0.15, -0.1) is 0 Å². The topological polar surface area (TPSA) is 81.5 Å². The van der Waals surface area contributed by atoms with Crippen molar-refractivity contribution in [2.45, 2.75) is 58.0 Å². The fraction of sp³-hybridized carbons (Fsp3) is 0.500. The van der Waals surface area contributed by atoms with Gasteiger partial charge in [-0.1, -0.05) is 12.8 Å². The second-order valence-electron chi connectivity index (χ2n) is 6.76. The Labute approximate surface area is 144 Å². The molecule has 3 aromatic rings. The van der Waals surface area contributed by atoms with E-state index in [4.69, 9.17) is 4.42 Å². The van der Waals surface area contributed by atoms with Crippen LogP contribution in [0.15, 0.2) is 27.6 Å². The lowest BCUT2D eigenvalue weighted by atomic mass is 10.2. The van der Waals surface area contributed by atoms with Gasteiger partial charge in [0.05, 0.1) is 11.8 Å². The van der Waals surface area contributed by atoms with Crippen LogP contribution in [0.25, 0.3) is 16.6 Å². The van der Waals surface area contributed by atoms with Gasteiger partial charge in [0, 0.05) is 31.1 Å². The van der Waals surface area contributed by atoms with E-state index in [0.717, 1.165) is 24.2 Å². The van der Waals surface area contributed by atoms with Gasteiger partial charge < -0.3 is 9.73 Å². The van der Waals surface area contributed by atoms with Crippen LogP contribution in [-0.2, 0) is 11.3 Å². The molecule has 3 aromatic heterocycles. The first-order chi connectivity index (χ1) is 12.1. The van der Waals surface area contributed by atoms with Crippen molar-refractivity contribution in [2.24, 2.45) is 0 Å². The summed E-state index contributed by atoms with van der Waals surface area (Å²) in [7, 11) is 0. The van der Waals surface area contributed by atoms with E-state index < -0.39 is 0 Å². The summed E-state index contributed by atoms with van der Waals surface area (Å²) in [6, 6.07) is 3.91. The number of carbonyl (C=O) groups is 1. The van der Waals surface area contributed by atoms with Crippen LogP contribution in [0.4, 0.5) is 0 Å². The zero-order chi connectivity index (χ0) is 17.4. The zero-order valence-corrected chi connectivity index (χ0v) is 14.3. The van der Waals surface area contributed by atoms with Gasteiger partial charge in [0.2, 0.25) is 5.91 Å². The molecule has 0 unspecified atom stereocenters.